The molecule has 126 valence electrons. The van der Waals surface area contributed by atoms with Crippen LogP contribution in [0.5, 0.6) is 0 Å². The minimum atomic E-state index is 0. The highest BCUT2D eigenvalue weighted by molar-refractivity contribution is 5.85. The molecular weight excluding hydrogens is 337 g/mol. The van der Waals surface area contributed by atoms with E-state index in [0.717, 1.165) is 43.0 Å². The molecule has 2 aliphatic rings. The summed E-state index contributed by atoms with van der Waals surface area (Å²) in [7, 11) is 1.77. The highest BCUT2D eigenvalue weighted by atomic mass is 35.5. The second kappa shape index (κ2) is 6.59. The molecule has 9 heteroatoms. The quantitative estimate of drug-likeness (QED) is 0.805. The molecule has 2 N–H and O–H groups in total. The molecule has 0 amide bonds. The Morgan fingerprint density at radius 1 is 1.26 bits per heavy atom. The van der Waals surface area contributed by atoms with E-state index in [4.69, 9.17) is 4.98 Å². The smallest absolute Gasteiger partial charge is 0.206 e. The van der Waals surface area contributed by atoms with Crippen LogP contribution in [0.15, 0.2) is 6.07 Å². The van der Waals surface area contributed by atoms with E-state index in [1.54, 1.807) is 7.05 Å². The third-order valence-corrected chi connectivity index (χ3v) is 4.54. The molecule has 0 saturated carbocycles. The van der Waals surface area contributed by atoms with Gasteiger partial charge in [0.15, 0.2) is 0 Å². The van der Waals surface area contributed by atoms with Crippen molar-refractivity contribution < 1.29 is 0 Å². The second-order valence-electron chi connectivity index (χ2n) is 6.06. The predicted molar refractivity (Wildman–Crippen MR) is 93.4 cm³/mol. The van der Waals surface area contributed by atoms with E-state index in [2.05, 4.69) is 32.1 Å². The van der Waals surface area contributed by atoms with Gasteiger partial charge in [0.05, 0.1) is 18.3 Å². The Balaban J connectivity index is 0.000000960. The Kier molecular flexibility index (Phi) is 5.13. The Labute approximate surface area is 147 Å². The van der Waals surface area contributed by atoms with Gasteiger partial charge < -0.3 is 10.6 Å². The number of pyridine rings is 1. The maximum atomic E-state index is 4.76. The number of aromatic nitrogens is 5. The number of aryl methyl sites for hydroxylation is 3. The third kappa shape index (κ3) is 3.13. The first-order valence-corrected chi connectivity index (χ1v) is 7.39. The molecular formula is C14H21Cl2N7. The minimum absolute atomic E-state index is 0. The van der Waals surface area contributed by atoms with Gasteiger partial charge >= 0.3 is 0 Å². The van der Waals surface area contributed by atoms with Crippen LogP contribution in [-0.2, 0) is 13.5 Å². The van der Waals surface area contributed by atoms with Gasteiger partial charge in [0, 0.05) is 12.1 Å². The number of anilines is 1. The van der Waals surface area contributed by atoms with Gasteiger partial charge in [-0.1, -0.05) is 0 Å². The van der Waals surface area contributed by atoms with Crippen LogP contribution in [0.3, 0.4) is 0 Å². The zero-order chi connectivity index (χ0) is 14.4. The lowest BCUT2D eigenvalue weighted by atomic mass is 9.86. The van der Waals surface area contributed by atoms with Crippen LogP contribution in [0, 0.1) is 6.92 Å². The molecule has 2 aromatic rings. The Morgan fingerprint density at radius 3 is 2.74 bits per heavy atom. The van der Waals surface area contributed by atoms with Crippen molar-refractivity contribution in [2.75, 3.05) is 18.4 Å². The van der Waals surface area contributed by atoms with Gasteiger partial charge in [-0.15, -0.1) is 35.0 Å². The topological polar surface area (TPSA) is 80.5 Å². The average molecular weight is 358 g/mol. The monoisotopic (exact) mass is 357 g/mol. The minimum Gasteiger partial charge on any atom is -0.363 e. The lowest BCUT2D eigenvalue weighted by Crippen LogP contribution is -2.44. The van der Waals surface area contributed by atoms with Gasteiger partial charge in [0.25, 0.3) is 0 Å². The standard InChI is InChI=1S/C14H19N7.2ClH/c1-9-11(13-18-20-21(2)19-13)7-10-3-4-14(5-6-15-8-14)17-12(10)16-9;;/h7,15H,3-6,8H2,1-2H3,(H,16,17);2*1H/t14-;;/m0../s1. The Bertz CT molecular complexity index is 694. The summed E-state index contributed by atoms with van der Waals surface area (Å²) in [6, 6.07) is 2.16. The fourth-order valence-corrected chi connectivity index (χ4v) is 3.32. The molecule has 0 aromatic carbocycles. The number of hydrogen-bond donors (Lipinski definition) is 2. The van der Waals surface area contributed by atoms with E-state index >= 15 is 0 Å². The average Bonchev–Trinajstić information content (AvgIpc) is 3.08. The molecule has 23 heavy (non-hydrogen) atoms. The zero-order valence-electron chi connectivity index (χ0n) is 13.2. The van der Waals surface area contributed by atoms with Crippen LogP contribution in [0.2, 0.25) is 0 Å². The van der Waals surface area contributed by atoms with Gasteiger partial charge in [0.1, 0.15) is 5.82 Å². The number of rotatable bonds is 1. The highest BCUT2D eigenvalue weighted by Gasteiger charge is 2.37. The molecule has 4 rings (SSSR count). The molecule has 2 aromatic heterocycles. The number of nitrogens with zero attached hydrogens (tertiary/aromatic N) is 5. The number of tetrazole rings is 1. The zero-order valence-corrected chi connectivity index (χ0v) is 14.8. The summed E-state index contributed by atoms with van der Waals surface area (Å²) in [5, 5.41) is 19.4. The molecule has 0 unspecified atom stereocenters. The number of fused-ring (bicyclic) bond motifs is 1. The van der Waals surface area contributed by atoms with Crippen molar-refractivity contribution in [1.82, 2.24) is 30.5 Å². The van der Waals surface area contributed by atoms with Crippen molar-refractivity contribution in [2.24, 2.45) is 7.05 Å². The van der Waals surface area contributed by atoms with Crippen molar-refractivity contribution in [1.29, 1.82) is 0 Å². The van der Waals surface area contributed by atoms with Gasteiger partial charge in [-0.25, -0.2) is 4.98 Å². The highest BCUT2D eigenvalue weighted by Crippen LogP contribution is 2.35. The Morgan fingerprint density at radius 2 is 2.09 bits per heavy atom. The second-order valence-corrected chi connectivity index (χ2v) is 6.06. The summed E-state index contributed by atoms with van der Waals surface area (Å²) in [5.41, 5.74) is 3.36. The first kappa shape index (κ1) is 17.9. The summed E-state index contributed by atoms with van der Waals surface area (Å²) in [6.07, 6.45) is 3.36. The first-order chi connectivity index (χ1) is 10.2. The predicted octanol–water partition coefficient (Wildman–Crippen LogP) is 1.51. The molecule has 1 spiro atoms. The van der Waals surface area contributed by atoms with Crippen LogP contribution in [0.4, 0.5) is 5.82 Å². The SMILES string of the molecule is Cc1nc2c(cc1-c1nnn(C)n1)CC[C@@]1(CCNC1)N2.Cl.Cl. The largest absolute Gasteiger partial charge is 0.363 e. The molecule has 1 saturated heterocycles. The number of halogens is 2. The lowest BCUT2D eigenvalue weighted by molar-refractivity contribution is 0.454. The van der Waals surface area contributed by atoms with E-state index in [9.17, 15) is 0 Å². The molecule has 1 atom stereocenters. The van der Waals surface area contributed by atoms with Gasteiger partial charge in [0.2, 0.25) is 5.82 Å². The van der Waals surface area contributed by atoms with E-state index in [1.807, 2.05) is 6.92 Å². The van der Waals surface area contributed by atoms with E-state index < -0.39 is 0 Å². The van der Waals surface area contributed by atoms with Crippen molar-refractivity contribution >= 4 is 30.6 Å². The third-order valence-electron chi connectivity index (χ3n) is 4.54. The number of hydrogen-bond acceptors (Lipinski definition) is 6. The molecule has 0 bridgehead atoms. The van der Waals surface area contributed by atoms with E-state index in [0.29, 0.717) is 5.82 Å². The van der Waals surface area contributed by atoms with Crippen molar-refractivity contribution in [3.05, 3.63) is 17.3 Å². The van der Waals surface area contributed by atoms with Crippen molar-refractivity contribution in [2.45, 2.75) is 31.7 Å². The molecule has 2 aliphatic heterocycles. The molecule has 4 heterocycles. The van der Waals surface area contributed by atoms with Crippen LogP contribution in [0.1, 0.15) is 24.1 Å². The molecule has 0 radical (unpaired) electrons. The maximum absolute atomic E-state index is 4.76. The summed E-state index contributed by atoms with van der Waals surface area (Å²) < 4.78 is 0. The van der Waals surface area contributed by atoms with Crippen molar-refractivity contribution in [3.63, 3.8) is 0 Å². The van der Waals surface area contributed by atoms with Crippen LogP contribution >= 0.6 is 24.8 Å². The fraction of sp³-hybridized carbons (Fsp3) is 0.571. The van der Waals surface area contributed by atoms with Crippen molar-refractivity contribution in [3.8, 4) is 11.4 Å². The summed E-state index contributed by atoms with van der Waals surface area (Å²) in [4.78, 5) is 6.24. The molecule has 7 nitrogen and oxygen atoms in total. The van der Waals surface area contributed by atoms with E-state index in [-0.39, 0.29) is 30.4 Å². The molecule has 0 aliphatic carbocycles. The van der Waals surface area contributed by atoms with Crippen LogP contribution < -0.4 is 10.6 Å². The van der Waals surface area contributed by atoms with Crippen LogP contribution in [0.25, 0.3) is 11.4 Å². The summed E-state index contributed by atoms with van der Waals surface area (Å²) in [6.45, 7) is 4.12. The Hall–Kier alpha value is -1.44. The van der Waals surface area contributed by atoms with Gasteiger partial charge in [-0.3, -0.25) is 0 Å². The van der Waals surface area contributed by atoms with Gasteiger partial charge in [-0.05, 0) is 49.6 Å². The summed E-state index contributed by atoms with van der Waals surface area (Å²) >= 11 is 0. The van der Waals surface area contributed by atoms with Crippen LogP contribution in [-0.4, -0.2) is 43.8 Å². The van der Waals surface area contributed by atoms with Gasteiger partial charge in [-0.2, -0.15) is 4.80 Å². The van der Waals surface area contributed by atoms with E-state index in [1.165, 1.54) is 16.8 Å². The normalized spacial score (nSPS) is 22.0. The number of nitrogens with one attached hydrogen (secondary N) is 2. The fourth-order valence-electron chi connectivity index (χ4n) is 3.32. The first-order valence-electron chi connectivity index (χ1n) is 7.39. The maximum Gasteiger partial charge on any atom is 0.206 e. The lowest BCUT2D eigenvalue weighted by Gasteiger charge is -2.35. The molecule has 1 fully saturated rings. The summed E-state index contributed by atoms with van der Waals surface area (Å²) in [5.74, 6) is 1.67.